The van der Waals surface area contributed by atoms with Gasteiger partial charge in [-0.15, -0.1) is 0 Å². The maximum Gasteiger partial charge on any atom is 0.237 e. The van der Waals surface area contributed by atoms with Crippen LogP contribution in [-0.2, 0) is 9.59 Å². The van der Waals surface area contributed by atoms with E-state index >= 15 is 0 Å². The Balaban J connectivity index is 2.18. The largest absolute Gasteiger partial charge is 0.368 e. The minimum absolute atomic E-state index is 0.00477. The van der Waals surface area contributed by atoms with Gasteiger partial charge in [0.1, 0.15) is 0 Å². The molecule has 17 heavy (non-hydrogen) atoms. The number of carbonyl (C=O) groups excluding carboxylic acids is 2. The quantitative estimate of drug-likeness (QED) is 0.840. The number of nitrogens with zero attached hydrogens (tertiary/aromatic N) is 1. The first-order chi connectivity index (χ1) is 8.09. The number of primary amides is 1. The average molecular weight is 232 g/mol. The molecule has 1 saturated heterocycles. The van der Waals surface area contributed by atoms with Crippen LogP contribution in [0.15, 0.2) is 30.3 Å². The molecule has 0 bridgehead atoms. The van der Waals surface area contributed by atoms with E-state index in [1.807, 2.05) is 37.3 Å². The van der Waals surface area contributed by atoms with Crippen molar-refractivity contribution in [1.82, 2.24) is 4.90 Å². The summed E-state index contributed by atoms with van der Waals surface area (Å²) in [5, 5.41) is 0. The lowest BCUT2D eigenvalue weighted by Gasteiger charge is -2.23. The van der Waals surface area contributed by atoms with Crippen LogP contribution in [0.4, 0.5) is 0 Å². The molecule has 1 aromatic carbocycles. The first-order valence-corrected chi connectivity index (χ1v) is 5.72. The zero-order valence-corrected chi connectivity index (χ0v) is 9.80. The van der Waals surface area contributed by atoms with Crippen molar-refractivity contribution in [2.45, 2.75) is 25.3 Å². The molecule has 1 heterocycles. The van der Waals surface area contributed by atoms with Crippen LogP contribution in [0.5, 0.6) is 0 Å². The van der Waals surface area contributed by atoms with Crippen molar-refractivity contribution in [2.75, 3.05) is 6.54 Å². The Morgan fingerprint density at radius 3 is 2.65 bits per heavy atom. The van der Waals surface area contributed by atoms with Gasteiger partial charge in [-0.1, -0.05) is 30.3 Å². The second-order valence-corrected chi connectivity index (χ2v) is 4.45. The van der Waals surface area contributed by atoms with Crippen LogP contribution in [0.2, 0.25) is 0 Å². The number of likely N-dealkylation sites (tertiary alicyclic amines) is 1. The van der Waals surface area contributed by atoms with E-state index in [4.69, 9.17) is 5.73 Å². The number of rotatable bonds is 3. The third kappa shape index (κ3) is 2.30. The molecule has 1 aliphatic heterocycles. The van der Waals surface area contributed by atoms with Gasteiger partial charge in [0.05, 0.1) is 6.54 Å². The van der Waals surface area contributed by atoms with Gasteiger partial charge in [0.25, 0.3) is 0 Å². The molecule has 1 unspecified atom stereocenters. The summed E-state index contributed by atoms with van der Waals surface area (Å²) in [5.74, 6) is -0.299. The lowest BCUT2D eigenvalue weighted by molar-refractivity contribution is -0.133. The van der Waals surface area contributed by atoms with E-state index in [-0.39, 0.29) is 24.4 Å². The number of amides is 2. The molecule has 1 aliphatic rings. The summed E-state index contributed by atoms with van der Waals surface area (Å²) in [6.45, 7) is 1.98. The Kier molecular flexibility index (Phi) is 3.13. The van der Waals surface area contributed by atoms with E-state index in [9.17, 15) is 9.59 Å². The summed E-state index contributed by atoms with van der Waals surface area (Å²) in [6, 6.07) is 9.93. The molecule has 1 fully saturated rings. The summed E-state index contributed by atoms with van der Waals surface area (Å²) in [6.07, 6.45) is 0.457. The Hall–Kier alpha value is -1.84. The van der Waals surface area contributed by atoms with E-state index < -0.39 is 5.91 Å². The molecule has 0 radical (unpaired) electrons. The second-order valence-electron chi connectivity index (χ2n) is 4.45. The van der Waals surface area contributed by atoms with Crippen molar-refractivity contribution in [1.29, 1.82) is 0 Å². The first kappa shape index (κ1) is 11.6. The Morgan fingerprint density at radius 2 is 2.06 bits per heavy atom. The fourth-order valence-electron chi connectivity index (χ4n) is 2.42. The predicted octanol–water partition coefficient (Wildman–Crippen LogP) is 0.876. The zero-order chi connectivity index (χ0) is 12.4. The van der Waals surface area contributed by atoms with Crippen LogP contribution in [0.3, 0.4) is 0 Å². The third-order valence-electron chi connectivity index (χ3n) is 3.34. The predicted molar refractivity (Wildman–Crippen MR) is 64.2 cm³/mol. The highest BCUT2D eigenvalue weighted by atomic mass is 16.2. The summed E-state index contributed by atoms with van der Waals surface area (Å²) < 4.78 is 0. The van der Waals surface area contributed by atoms with Crippen LogP contribution in [-0.4, -0.2) is 29.3 Å². The summed E-state index contributed by atoms with van der Waals surface area (Å²) in [4.78, 5) is 24.3. The maximum atomic E-state index is 11.8. The number of hydrogen-bond acceptors (Lipinski definition) is 2. The van der Waals surface area contributed by atoms with Crippen molar-refractivity contribution < 1.29 is 9.59 Å². The molecule has 0 aliphatic carbocycles. The lowest BCUT2D eigenvalue weighted by Crippen LogP contribution is -2.39. The molecular weight excluding hydrogens is 216 g/mol. The normalized spacial score (nSPS) is 24.1. The van der Waals surface area contributed by atoms with Crippen LogP contribution < -0.4 is 5.73 Å². The molecule has 4 heteroatoms. The van der Waals surface area contributed by atoms with E-state index in [0.29, 0.717) is 6.42 Å². The lowest BCUT2D eigenvalue weighted by atomic mass is 9.93. The van der Waals surface area contributed by atoms with Gasteiger partial charge in [-0.2, -0.15) is 0 Å². The summed E-state index contributed by atoms with van der Waals surface area (Å²) >= 11 is 0. The molecule has 2 rings (SSSR count). The van der Waals surface area contributed by atoms with Crippen molar-refractivity contribution in [3.05, 3.63) is 35.9 Å². The van der Waals surface area contributed by atoms with Gasteiger partial charge in [0.15, 0.2) is 0 Å². The molecule has 0 saturated carbocycles. The van der Waals surface area contributed by atoms with E-state index in [1.165, 1.54) is 0 Å². The van der Waals surface area contributed by atoms with Gasteiger partial charge in [-0.25, -0.2) is 0 Å². The topological polar surface area (TPSA) is 63.4 Å². The molecule has 0 spiro atoms. The molecule has 0 aromatic heterocycles. The van der Waals surface area contributed by atoms with Crippen molar-refractivity contribution >= 4 is 11.8 Å². The Labute approximate surface area is 100 Å². The van der Waals surface area contributed by atoms with Gasteiger partial charge >= 0.3 is 0 Å². The molecule has 90 valence electrons. The second kappa shape index (κ2) is 4.57. The maximum absolute atomic E-state index is 11.8. The van der Waals surface area contributed by atoms with Crippen molar-refractivity contribution in [2.24, 2.45) is 5.73 Å². The van der Waals surface area contributed by atoms with Gasteiger partial charge in [0, 0.05) is 18.4 Å². The molecule has 1 aromatic rings. The highest BCUT2D eigenvalue weighted by molar-refractivity contribution is 5.86. The van der Waals surface area contributed by atoms with Crippen LogP contribution in [0.1, 0.15) is 24.8 Å². The first-order valence-electron chi connectivity index (χ1n) is 5.72. The van der Waals surface area contributed by atoms with Gasteiger partial charge in [-0.3, -0.25) is 9.59 Å². The third-order valence-corrected chi connectivity index (χ3v) is 3.34. The van der Waals surface area contributed by atoms with E-state index in [1.54, 1.807) is 4.90 Å². The molecule has 4 nitrogen and oxygen atoms in total. The van der Waals surface area contributed by atoms with E-state index in [2.05, 4.69) is 0 Å². The number of nitrogens with two attached hydrogens (primary N) is 1. The minimum atomic E-state index is -0.459. The standard InChI is InChI=1S/C13H16N2O2/c1-9-11(10-5-3-2-4-6-10)7-13(17)15(9)8-12(14)16/h2-6,9,11H,7-8H2,1H3,(H2,14,16)/t9-,11?/m1/s1. The Bertz CT molecular complexity index is 430. The minimum Gasteiger partial charge on any atom is -0.368 e. The monoisotopic (exact) mass is 232 g/mol. The summed E-state index contributed by atoms with van der Waals surface area (Å²) in [5.41, 5.74) is 6.29. The number of benzene rings is 1. The molecule has 2 N–H and O–H groups in total. The van der Waals surface area contributed by atoms with E-state index in [0.717, 1.165) is 5.56 Å². The molecular formula is C13H16N2O2. The molecule has 2 atom stereocenters. The van der Waals surface area contributed by atoms with Crippen LogP contribution in [0.25, 0.3) is 0 Å². The highest BCUT2D eigenvalue weighted by Gasteiger charge is 2.37. The zero-order valence-electron chi connectivity index (χ0n) is 9.80. The van der Waals surface area contributed by atoms with Crippen molar-refractivity contribution in [3.8, 4) is 0 Å². The summed E-state index contributed by atoms with van der Waals surface area (Å²) in [7, 11) is 0. The Morgan fingerprint density at radius 1 is 1.41 bits per heavy atom. The average Bonchev–Trinajstić information content (AvgIpc) is 2.58. The number of hydrogen-bond donors (Lipinski definition) is 1. The van der Waals surface area contributed by atoms with Crippen LogP contribution >= 0.6 is 0 Å². The fourth-order valence-corrected chi connectivity index (χ4v) is 2.42. The van der Waals surface area contributed by atoms with Gasteiger partial charge in [-0.05, 0) is 12.5 Å². The van der Waals surface area contributed by atoms with Crippen LogP contribution in [0, 0.1) is 0 Å². The molecule has 2 amide bonds. The SMILES string of the molecule is C[C@@H]1C(c2ccccc2)CC(=O)N1CC(N)=O. The number of carbonyl (C=O) groups is 2. The van der Waals surface area contributed by atoms with Gasteiger partial charge < -0.3 is 10.6 Å². The smallest absolute Gasteiger partial charge is 0.237 e. The fraction of sp³-hybridized carbons (Fsp3) is 0.385. The van der Waals surface area contributed by atoms with Gasteiger partial charge in [0.2, 0.25) is 11.8 Å². The van der Waals surface area contributed by atoms with Crippen molar-refractivity contribution in [3.63, 3.8) is 0 Å². The highest BCUT2D eigenvalue weighted by Crippen LogP contribution is 2.33.